The highest BCUT2D eigenvalue weighted by Crippen LogP contribution is 2.00. The fraction of sp³-hybridized carbons (Fsp3) is 0.786. The highest BCUT2D eigenvalue weighted by atomic mass is 16.5. The molecule has 7 heteroatoms. The van der Waals surface area contributed by atoms with Crippen molar-refractivity contribution < 1.29 is 28.6 Å². The predicted molar refractivity (Wildman–Crippen MR) is 75.6 cm³/mol. The van der Waals surface area contributed by atoms with Gasteiger partial charge in [0, 0.05) is 19.6 Å². The zero-order valence-corrected chi connectivity index (χ0v) is 13.1. The molecule has 0 bridgehead atoms. The van der Waals surface area contributed by atoms with E-state index in [1.807, 2.05) is 4.90 Å². The second kappa shape index (κ2) is 12.1. The van der Waals surface area contributed by atoms with Gasteiger partial charge in [-0.3, -0.25) is 14.4 Å². The second-order valence-corrected chi connectivity index (χ2v) is 4.28. The van der Waals surface area contributed by atoms with Crippen molar-refractivity contribution in [3.8, 4) is 0 Å². The Labute approximate surface area is 125 Å². The van der Waals surface area contributed by atoms with Gasteiger partial charge >= 0.3 is 17.9 Å². The molecule has 0 saturated heterocycles. The molecule has 0 heterocycles. The van der Waals surface area contributed by atoms with Gasteiger partial charge in [-0.1, -0.05) is 0 Å². The number of rotatable bonds is 11. The van der Waals surface area contributed by atoms with Crippen LogP contribution in [0.25, 0.3) is 0 Å². The summed E-state index contributed by atoms with van der Waals surface area (Å²) in [6.45, 7) is 5.44. The quantitative estimate of drug-likeness (QED) is 0.411. The largest absolute Gasteiger partial charge is 0.469 e. The van der Waals surface area contributed by atoms with Crippen molar-refractivity contribution in [3.05, 3.63) is 0 Å². The molecule has 0 N–H and O–H groups in total. The predicted octanol–water partition coefficient (Wildman–Crippen LogP) is 0.758. The lowest BCUT2D eigenvalue weighted by atomic mass is 10.3. The van der Waals surface area contributed by atoms with E-state index in [4.69, 9.17) is 9.47 Å². The normalized spacial score (nSPS) is 10.3. The Kier molecular flexibility index (Phi) is 11.2. The molecule has 0 aromatic rings. The molecule has 0 rings (SSSR count). The van der Waals surface area contributed by atoms with E-state index in [0.29, 0.717) is 32.8 Å². The molecule has 0 saturated carbocycles. The van der Waals surface area contributed by atoms with Gasteiger partial charge in [0.1, 0.15) is 0 Å². The summed E-state index contributed by atoms with van der Waals surface area (Å²) in [6, 6.07) is 0. The van der Waals surface area contributed by atoms with Gasteiger partial charge in [-0.05, 0) is 13.8 Å². The van der Waals surface area contributed by atoms with Gasteiger partial charge < -0.3 is 19.1 Å². The lowest BCUT2D eigenvalue weighted by Gasteiger charge is -2.20. The number of hydrogen-bond acceptors (Lipinski definition) is 7. The molecule has 0 aromatic carbocycles. The van der Waals surface area contributed by atoms with Crippen LogP contribution in [0.4, 0.5) is 0 Å². The van der Waals surface area contributed by atoms with Crippen molar-refractivity contribution in [2.24, 2.45) is 0 Å². The summed E-state index contributed by atoms with van der Waals surface area (Å²) in [5.74, 6) is -0.916. The minimum absolute atomic E-state index is 0.210. The molecule has 0 unspecified atom stereocenters. The van der Waals surface area contributed by atoms with Crippen LogP contribution in [-0.2, 0) is 28.6 Å². The van der Waals surface area contributed by atoms with Crippen LogP contribution < -0.4 is 0 Å². The maximum Gasteiger partial charge on any atom is 0.307 e. The van der Waals surface area contributed by atoms with Gasteiger partial charge in [-0.15, -0.1) is 0 Å². The summed E-state index contributed by atoms with van der Waals surface area (Å²) >= 11 is 0. The lowest BCUT2D eigenvalue weighted by molar-refractivity contribution is -0.143. The highest BCUT2D eigenvalue weighted by molar-refractivity contribution is 5.70. The Bertz CT molecular complexity index is 309. The molecular weight excluding hydrogens is 278 g/mol. The van der Waals surface area contributed by atoms with Crippen molar-refractivity contribution in [1.29, 1.82) is 0 Å². The molecule has 0 fully saturated rings. The average molecular weight is 303 g/mol. The van der Waals surface area contributed by atoms with Gasteiger partial charge in [0.2, 0.25) is 0 Å². The van der Waals surface area contributed by atoms with Crippen LogP contribution in [0.1, 0.15) is 33.1 Å². The molecule has 7 nitrogen and oxygen atoms in total. The first-order valence-electron chi connectivity index (χ1n) is 7.13. The molecule has 0 aliphatic rings. The fourth-order valence-corrected chi connectivity index (χ4v) is 1.65. The summed E-state index contributed by atoms with van der Waals surface area (Å²) in [6.07, 6.45) is 0.651. The summed E-state index contributed by atoms with van der Waals surface area (Å²) in [7, 11) is 1.32. The maximum atomic E-state index is 11.4. The van der Waals surface area contributed by atoms with Crippen LogP contribution in [0, 0.1) is 0 Å². The Morgan fingerprint density at radius 3 is 1.48 bits per heavy atom. The third kappa shape index (κ3) is 10.8. The van der Waals surface area contributed by atoms with E-state index in [9.17, 15) is 14.4 Å². The molecule has 0 aromatic heterocycles. The molecule has 0 aliphatic heterocycles. The summed E-state index contributed by atoms with van der Waals surface area (Å²) in [5.41, 5.74) is 0. The number of hydrogen-bond donors (Lipinski definition) is 0. The van der Waals surface area contributed by atoms with Gasteiger partial charge in [0.15, 0.2) is 0 Å². The van der Waals surface area contributed by atoms with Gasteiger partial charge in [0.25, 0.3) is 0 Å². The van der Waals surface area contributed by atoms with Gasteiger partial charge in [-0.25, -0.2) is 0 Å². The maximum absolute atomic E-state index is 11.4. The number of ether oxygens (including phenoxy) is 3. The van der Waals surface area contributed by atoms with Crippen LogP contribution in [0.2, 0.25) is 0 Å². The first kappa shape index (κ1) is 19.4. The van der Waals surface area contributed by atoms with E-state index in [-0.39, 0.29) is 37.2 Å². The third-order valence-electron chi connectivity index (χ3n) is 2.73. The van der Waals surface area contributed by atoms with Gasteiger partial charge in [0.05, 0.1) is 39.6 Å². The van der Waals surface area contributed by atoms with Crippen LogP contribution in [0.5, 0.6) is 0 Å². The molecule has 21 heavy (non-hydrogen) atoms. The Hall–Kier alpha value is -1.63. The van der Waals surface area contributed by atoms with Crippen molar-refractivity contribution in [2.75, 3.05) is 40.0 Å². The van der Waals surface area contributed by atoms with Crippen LogP contribution in [-0.4, -0.2) is 62.8 Å². The molecule has 122 valence electrons. The molecular formula is C14H25NO6. The zero-order chi connectivity index (χ0) is 16.1. The van der Waals surface area contributed by atoms with Crippen molar-refractivity contribution in [3.63, 3.8) is 0 Å². The average Bonchev–Trinajstić information content (AvgIpc) is 2.46. The number of nitrogens with zero attached hydrogens (tertiary/aromatic N) is 1. The third-order valence-corrected chi connectivity index (χ3v) is 2.73. The first-order chi connectivity index (χ1) is 10.0. The Morgan fingerprint density at radius 1 is 0.762 bits per heavy atom. The first-order valence-corrected chi connectivity index (χ1v) is 7.13. The summed E-state index contributed by atoms with van der Waals surface area (Å²) in [4.78, 5) is 35.7. The monoisotopic (exact) mass is 303 g/mol. The number of carbonyl (C=O) groups is 3. The molecule has 0 radical (unpaired) electrons. The van der Waals surface area contributed by atoms with E-state index in [1.165, 1.54) is 7.11 Å². The van der Waals surface area contributed by atoms with Crippen molar-refractivity contribution >= 4 is 17.9 Å². The highest BCUT2D eigenvalue weighted by Gasteiger charge is 2.13. The number of esters is 3. The summed E-state index contributed by atoms with van der Waals surface area (Å²) < 4.78 is 14.3. The van der Waals surface area contributed by atoms with Gasteiger partial charge in [-0.2, -0.15) is 0 Å². The van der Waals surface area contributed by atoms with Crippen molar-refractivity contribution in [2.45, 2.75) is 33.1 Å². The minimum atomic E-state index is -0.327. The minimum Gasteiger partial charge on any atom is -0.469 e. The molecule has 0 spiro atoms. The van der Waals surface area contributed by atoms with E-state index in [0.717, 1.165) is 0 Å². The van der Waals surface area contributed by atoms with E-state index < -0.39 is 0 Å². The number of carbonyl (C=O) groups excluding carboxylic acids is 3. The molecule has 0 aliphatic carbocycles. The Morgan fingerprint density at radius 2 is 1.14 bits per heavy atom. The van der Waals surface area contributed by atoms with E-state index >= 15 is 0 Å². The topological polar surface area (TPSA) is 82.1 Å². The van der Waals surface area contributed by atoms with E-state index in [2.05, 4.69) is 4.74 Å². The van der Waals surface area contributed by atoms with E-state index in [1.54, 1.807) is 13.8 Å². The van der Waals surface area contributed by atoms with Crippen LogP contribution >= 0.6 is 0 Å². The SMILES string of the molecule is CCOC(=O)CCN(CCC(=O)OC)CCC(=O)OCC. The smallest absolute Gasteiger partial charge is 0.307 e. The molecule has 0 amide bonds. The lowest BCUT2D eigenvalue weighted by Crippen LogP contribution is -2.31. The molecule has 0 atom stereocenters. The second-order valence-electron chi connectivity index (χ2n) is 4.28. The summed E-state index contributed by atoms with van der Waals surface area (Å²) in [5, 5.41) is 0. The van der Waals surface area contributed by atoms with Crippen LogP contribution in [0.3, 0.4) is 0 Å². The van der Waals surface area contributed by atoms with Crippen LogP contribution in [0.15, 0.2) is 0 Å². The fourth-order valence-electron chi connectivity index (χ4n) is 1.65. The zero-order valence-electron chi connectivity index (χ0n) is 13.1. The number of methoxy groups -OCH3 is 1. The standard InChI is InChI=1S/C14H25NO6/c1-4-20-13(17)7-10-15(9-6-12(16)19-3)11-8-14(18)21-5-2/h4-11H2,1-3H3. The van der Waals surface area contributed by atoms with Crippen molar-refractivity contribution in [1.82, 2.24) is 4.90 Å². The Balaban J connectivity index is 4.22.